The van der Waals surface area contributed by atoms with Crippen LogP contribution in [-0.2, 0) is 18.3 Å². The number of aromatic nitrogens is 3. The van der Waals surface area contributed by atoms with Crippen molar-refractivity contribution in [3.05, 3.63) is 54.1 Å². The normalized spacial score (nSPS) is 12.9. The summed E-state index contributed by atoms with van der Waals surface area (Å²) < 4.78 is 7.10. The highest BCUT2D eigenvalue weighted by Crippen LogP contribution is 2.29. The molecule has 6 nitrogen and oxygen atoms in total. The molecule has 1 aliphatic rings. The predicted octanol–water partition coefficient (Wildman–Crippen LogP) is 3.17. The zero-order chi connectivity index (χ0) is 18.8. The maximum absolute atomic E-state index is 12.7. The number of nitrogens with zero attached hydrogens (tertiary/aromatic N) is 4. The second-order valence-electron chi connectivity index (χ2n) is 6.31. The van der Waals surface area contributed by atoms with E-state index in [-0.39, 0.29) is 5.91 Å². The van der Waals surface area contributed by atoms with Gasteiger partial charge in [-0.05, 0) is 42.3 Å². The Morgan fingerprint density at radius 1 is 1.15 bits per heavy atom. The molecule has 0 unspecified atom stereocenters. The summed E-state index contributed by atoms with van der Waals surface area (Å²) in [7, 11) is 3.55. The molecule has 1 aromatic heterocycles. The first-order valence-corrected chi connectivity index (χ1v) is 9.71. The Hall–Kier alpha value is -2.80. The first kappa shape index (κ1) is 17.6. The van der Waals surface area contributed by atoms with Gasteiger partial charge in [-0.25, -0.2) is 0 Å². The van der Waals surface area contributed by atoms with Gasteiger partial charge in [0.15, 0.2) is 11.0 Å². The maximum atomic E-state index is 12.7. The number of hydrogen-bond donors (Lipinski definition) is 0. The summed E-state index contributed by atoms with van der Waals surface area (Å²) >= 11 is 1.41. The minimum absolute atomic E-state index is 0.0962. The van der Waals surface area contributed by atoms with Crippen LogP contribution in [0.1, 0.15) is 5.56 Å². The molecule has 1 amide bonds. The van der Waals surface area contributed by atoms with Crippen LogP contribution < -0.4 is 9.64 Å². The molecule has 7 heteroatoms. The molecule has 2 aromatic carbocycles. The number of methoxy groups -OCH3 is 1. The summed E-state index contributed by atoms with van der Waals surface area (Å²) in [5.74, 6) is 1.99. The molecule has 27 heavy (non-hydrogen) atoms. The molecule has 0 radical (unpaired) electrons. The third-order valence-electron chi connectivity index (χ3n) is 4.70. The first-order chi connectivity index (χ1) is 13.2. The number of fused-ring (bicyclic) bond motifs is 1. The smallest absolute Gasteiger partial charge is 0.237 e. The summed E-state index contributed by atoms with van der Waals surface area (Å²) in [4.78, 5) is 14.5. The van der Waals surface area contributed by atoms with Crippen molar-refractivity contribution in [2.24, 2.45) is 7.05 Å². The lowest BCUT2D eigenvalue weighted by Crippen LogP contribution is -2.30. The Bertz CT molecular complexity index is 968. The molecule has 0 bridgehead atoms. The molecule has 1 aliphatic heterocycles. The van der Waals surface area contributed by atoms with Gasteiger partial charge in [-0.1, -0.05) is 30.0 Å². The summed E-state index contributed by atoms with van der Waals surface area (Å²) in [5, 5.41) is 9.25. The molecular formula is C20H20N4O2S. The van der Waals surface area contributed by atoms with Crippen LogP contribution in [0.3, 0.4) is 0 Å². The lowest BCUT2D eigenvalue weighted by atomic mass is 10.2. The number of anilines is 1. The largest absolute Gasteiger partial charge is 0.497 e. The number of benzene rings is 2. The molecule has 0 atom stereocenters. The van der Waals surface area contributed by atoms with E-state index in [0.717, 1.165) is 40.9 Å². The zero-order valence-electron chi connectivity index (χ0n) is 15.3. The van der Waals surface area contributed by atoms with Crippen molar-refractivity contribution < 1.29 is 9.53 Å². The van der Waals surface area contributed by atoms with Crippen molar-refractivity contribution in [1.82, 2.24) is 14.8 Å². The Kier molecular flexibility index (Phi) is 4.85. The SMILES string of the molecule is COc1ccc(-c2nnc(SCC(=O)N3CCc4ccccc43)n2C)cc1. The van der Waals surface area contributed by atoms with E-state index < -0.39 is 0 Å². The van der Waals surface area contributed by atoms with Gasteiger partial charge in [-0.15, -0.1) is 10.2 Å². The molecule has 2 heterocycles. The molecule has 0 spiro atoms. The molecule has 0 N–H and O–H groups in total. The lowest BCUT2D eigenvalue weighted by molar-refractivity contribution is -0.116. The average Bonchev–Trinajstić information content (AvgIpc) is 3.30. The van der Waals surface area contributed by atoms with Crippen LogP contribution in [0.15, 0.2) is 53.7 Å². The molecule has 3 aromatic rings. The monoisotopic (exact) mass is 380 g/mol. The second-order valence-corrected chi connectivity index (χ2v) is 7.25. The minimum Gasteiger partial charge on any atom is -0.497 e. The van der Waals surface area contributed by atoms with Crippen LogP contribution in [0.5, 0.6) is 5.75 Å². The van der Waals surface area contributed by atoms with Gasteiger partial charge in [0, 0.05) is 24.8 Å². The lowest BCUT2D eigenvalue weighted by Gasteiger charge is -2.16. The third kappa shape index (κ3) is 3.42. The van der Waals surface area contributed by atoms with Gasteiger partial charge in [-0.2, -0.15) is 0 Å². The van der Waals surface area contributed by atoms with Crippen molar-refractivity contribution in [3.8, 4) is 17.1 Å². The van der Waals surface area contributed by atoms with Crippen LogP contribution >= 0.6 is 11.8 Å². The molecule has 0 fully saturated rings. The molecule has 4 rings (SSSR count). The number of rotatable bonds is 5. The van der Waals surface area contributed by atoms with Gasteiger partial charge in [0.25, 0.3) is 0 Å². The molecule has 0 saturated heterocycles. The zero-order valence-corrected chi connectivity index (χ0v) is 16.1. The number of carbonyl (C=O) groups is 1. The highest BCUT2D eigenvalue weighted by molar-refractivity contribution is 7.99. The quantitative estimate of drug-likeness (QED) is 0.636. The second kappa shape index (κ2) is 7.44. The van der Waals surface area contributed by atoms with Crippen molar-refractivity contribution in [1.29, 1.82) is 0 Å². The van der Waals surface area contributed by atoms with E-state index in [1.165, 1.54) is 17.3 Å². The number of para-hydroxylation sites is 1. The molecule has 0 saturated carbocycles. The third-order valence-corrected chi connectivity index (χ3v) is 5.70. The highest BCUT2D eigenvalue weighted by Gasteiger charge is 2.24. The fourth-order valence-electron chi connectivity index (χ4n) is 3.23. The topological polar surface area (TPSA) is 60.3 Å². The number of thioether (sulfide) groups is 1. The standard InChI is InChI=1S/C20H20N4O2S/c1-23-19(15-7-9-16(26-2)10-8-15)21-22-20(23)27-13-18(25)24-12-11-14-5-3-4-6-17(14)24/h3-10H,11-13H2,1-2H3. The van der Waals surface area contributed by atoms with E-state index in [2.05, 4.69) is 16.3 Å². The van der Waals surface area contributed by atoms with Crippen molar-refractivity contribution >= 4 is 23.4 Å². The fourth-order valence-corrected chi connectivity index (χ4v) is 4.02. The van der Waals surface area contributed by atoms with E-state index in [0.29, 0.717) is 5.75 Å². The number of hydrogen-bond acceptors (Lipinski definition) is 5. The Morgan fingerprint density at radius 2 is 1.93 bits per heavy atom. The minimum atomic E-state index is 0.0962. The summed E-state index contributed by atoms with van der Waals surface area (Å²) in [6.45, 7) is 0.745. The van der Waals surface area contributed by atoms with Crippen LogP contribution in [0.25, 0.3) is 11.4 Å². The molecule has 138 valence electrons. The Labute approximate surface area is 162 Å². The maximum Gasteiger partial charge on any atom is 0.237 e. The molecular weight excluding hydrogens is 360 g/mol. The number of amides is 1. The van der Waals surface area contributed by atoms with Crippen molar-refractivity contribution in [3.63, 3.8) is 0 Å². The van der Waals surface area contributed by atoms with Crippen LogP contribution in [0.4, 0.5) is 5.69 Å². The van der Waals surface area contributed by atoms with E-state index in [1.807, 2.05) is 59.0 Å². The van der Waals surface area contributed by atoms with E-state index in [4.69, 9.17) is 4.74 Å². The van der Waals surface area contributed by atoms with Gasteiger partial charge in [0.05, 0.1) is 12.9 Å². The fraction of sp³-hybridized carbons (Fsp3) is 0.250. The Balaban J connectivity index is 1.45. The number of carbonyl (C=O) groups excluding carboxylic acids is 1. The van der Waals surface area contributed by atoms with Crippen molar-refractivity contribution in [2.75, 3.05) is 24.3 Å². The van der Waals surface area contributed by atoms with Gasteiger partial charge in [0.2, 0.25) is 5.91 Å². The Morgan fingerprint density at radius 3 is 2.70 bits per heavy atom. The van der Waals surface area contributed by atoms with E-state index in [1.54, 1.807) is 7.11 Å². The predicted molar refractivity (Wildman–Crippen MR) is 106 cm³/mol. The summed E-state index contributed by atoms with van der Waals surface area (Å²) in [6, 6.07) is 15.8. The van der Waals surface area contributed by atoms with Crippen LogP contribution in [-0.4, -0.2) is 40.1 Å². The average molecular weight is 380 g/mol. The van der Waals surface area contributed by atoms with E-state index in [9.17, 15) is 4.79 Å². The van der Waals surface area contributed by atoms with Crippen LogP contribution in [0, 0.1) is 0 Å². The molecule has 0 aliphatic carbocycles. The van der Waals surface area contributed by atoms with Crippen molar-refractivity contribution in [2.45, 2.75) is 11.6 Å². The van der Waals surface area contributed by atoms with E-state index >= 15 is 0 Å². The van der Waals surface area contributed by atoms with Gasteiger partial charge >= 0.3 is 0 Å². The van der Waals surface area contributed by atoms with Gasteiger partial charge < -0.3 is 14.2 Å². The number of ether oxygens (including phenoxy) is 1. The van der Waals surface area contributed by atoms with Gasteiger partial charge in [-0.3, -0.25) is 4.79 Å². The first-order valence-electron chi connectivity index (χ1n) is 8.72. The summed E-state index contributed by atoms with van der Waals surface area (Å²) in [6.07, 6.45) is 0.915. The highest BCUT2D eigenvalue weighted by atomic mass is 32.2. The summed E-state index contributed by atoms with van der Waals surface area (Å²) in [5.41, 5.74) is 3.22. The van der Waals surface area contributed by atoms with Gasteiger partial charge in [0.1, 0.15) is 5.75 Å². The van der Waals surface area contributed by atoms with Crippen LogP contribution in [0.2, 0.25) is 0 Å².